The molecule has 1 unspecified atom stereocenters. The van der Waals surface area contributed by atoms with Crippen LogP contribution in [-0.2, 0) is 6.42 Å². The molecule has 6 rings (SSSR count). The van der Waals surface area contributed by atoms with Crippen molar-refractivity contribution in [1.29, 1.82) is 0 Å². The molecule has 144 valence electrons. The Kier molecular flexibility index (Phi) is 3.52. The second-order valence-electron chi connectivity index (χ2n) is 8.09. The monoisotopic (exact) mass is 382 g/mol. The number of imidazole rings is 1. The van der Waals surface area contributed by atoms with Crippen molar-refractivity contribution in [3.05, 3.63) is 65.5 Å². The summed E-state index contributed by atoms with van der Waals surface area (Å²) in [7, 11) is 0. The van der Waals surface area contributed by atoms with E-state index < -0.39 is 0 Å². The Morgan fingerprint density at radius 1 is 1.00 bits per heavy atom. The third kappa shape index (κ3) is 2.63. The Hall–Kier alpha value is -3.25. The van der Waals surface area contributed by atoms with Gasteiger partial charge in [-0.1, -0.05) is 6.07 Å². The van der Waals surface area contributed by atoms with Crippen LogP contribution < -0.4 is 11.5 Å². The zero-order valence-corrected chi connectivity index (χ0v) is 16.0. The second kappa shape index (κ2) is 6.12. The van der Waals surface area contributed by atoms with Crippen molar-refractivity contribution in [2.45, 2.75) is 37.6 Å². The normalized spacial score (nSPS) is 18.3. The number of aryl methyl sites for hydroxylation is 1. The van der Waals surface area contributed by atoms with Crippen LogP contribution in [0.3, 0.4) is 0 Å². The SMILES string of the molecule is Nc1ncccc1-c1nc2ccc(C3CC3)nc2n1-c1ccc2c(c1)CCC2N. The van der Waals surface area contributed by atoms with E-state index in [1.165, 1.54) is 24.0 Å². The van der Waals surface area contributed by atoms with Crippen LogP contribution in [0.25, 0.3) is 28.2 Å². The van der Waals surface area contributed by atoms with Crippen LogP contribution in [0.15, 0.2) is 48.7 Å². The molecule has 1 saturated carbocycles. The van der Waals surface area contributed by atoms with Gasteiger partial charge >= 0.3 is 0 Å². The second-order valence-corrected chi connectivity index (χ2v) is 8.09. The zero-order chi connectivity index (χ0) is 19.5. The molecule has 2 aliphatic carbocycles. The fourth-order valence-electron chi connectivity index (χ4n) is 4.39. The third-order valence-corrected chi connectivity index (χ3v) is 6.11. The lowest BCUT2D eigenvalue weighted by atomic mass is 10.1. The fraction of sp³-hybridized carbons (Fsp3) is 0.261. The molecule has 3 aromatic heterocycles. The van der Waals surface area contributed by atoms with E-state index in [0.29, 0.717) is 11.7 Å². The van der Waals surface area contributed by atoms with Gasteiger partial charge in [-0.3, -0.25) is 4.57 Å². The average Bonchev–Trinajstić information content (AvgIpc) is 3.43. The first-order valence-electron chi connectivity index (χ1n) is 10.2. The number of aromatic nitrogens is 4. The van der Waals surface area contributed by atoms with Crippen molar-refractivity contribution in [2.75, 3.05) is 5.73 Å². The lowest BCUT2D eigenvalue weighted by molar-refractivity contribution is 0.713. The van der Waals surface area contributed by atoms with Gasteiger partial charge in [0.25, 0.3) is 0 Å². The van der Waals surface area contributed by atoms with Crippen molar-refractivity contribution in [3.63, 3.8) is 0 Å². The van der Waals surface area contributed by atoms with Crippen molar-refractivity contribution >= 4 is 17.0 Å². The number of nitrogens with two attached hydrogens (primary N) is 2. The lowest BCUT2D eigenvalue weighted by Gasteiger charge is -2.13. The number of nitrogens with zero attached hydrogens (tertiary/aromatic N) is 4. The van der Waals surface area contributed by atoms with Gasteiger partial charge in [-0.25, -0.2) is 15.0 Å². The van der Waals surface area contributed by atoms with Crippen LogP contribution in [0.4, 0.5) is 5.82 Å². The van der Waals surface area contributed by atoms with Gasteiger partial charge in [-0.2, -0.15) is 0 Å². The summed E-state index contributed by atoms with van der Waals surface area (Å²) in [5.41, 5.74) is 19.8. The molecule has 0 saturated heterocycles. The van der Waals surface area contributed by atoms with Crippen LogP contribution in [0, 0.1) is 0 Å². The molecule has 0 amide bonds. The molecule has 0 radical (unpaired) electrons. The van der Waals surface area contributed by atoms with Crippen LogP contribution in [-0.4, -0.2) is 19.5 Å². The van der Waals surface area contributed by atoms with E-state index in [0.717, 1.165) is 46.8 Å². The summed E-state index contributed by atoms with van der Waals surface area (Å²) >= 11 is 0. The molecule has 2 aliphatic rings. The highest BCUT2D eigenvalue weighted by atomic mass is 15.1. The van der Waals surface area contributed by atoms with Gasteiger partial charge in [0.15, 0.2) is 11.5 Å². The Morgan fingerprint density at radius 2 is 1.90 bits per heavy atom. The van der Waals surface area contributed by atoms with Crippen LogP contribution in [0.2, 0.25) is 0 Å². The summed E-state index contributed by atoms with van der Waals surface area (Å²) < 4.78 is 2.12. The van der Waals surface area contributed by atoms with Gasteiger partial charge in [0.2, 0.25) is 0 Å². The van der Waals surface area contributed by atoms with Crippen LogP contribution >= 0.6 is 0 Å². The van der Waals surface area contributed by atoms with Crippen molar-refractivity contribution in [3.8, 4) is 17.1 Å². The number of pyridine rings is 2. The molecule has 29 heavy (non-hydrogen) atoms. The van der Waals surface area contributed by atoms with E-state index in [2.05, 4.69) is 39.9 Å². The molecular formula is C23H22N6. The van der Waals surface area contributed by atoms with Gasteiger partial charge in [-0.05, 0) is 73.2 Å². The number of hydrogen-bond acceptors (Lipinski definition) is 5. The molecule has 0 spiro atoms. The topological polar surface area (TPSA) is 95.6 Å². The minimum absolute atomic E-state index is 0.131. The van der Waals surface area contributed by atoms with Gasteiger partial charge in [0.05, 0.1) is 5.56 Å². The largest absolute Gasteiger partial charge is 0.383 e. The molecule has 1 atom stereocenters. The van der Waals surface area contributed by atoms with Crippen molar-refractivity contribution in [2.24, 2.45) is 5.73 Å². The highest BCUT2D eigenvalue weighted by Gasteiger charge is 2.27. The molecule has 4 aromatic rings. The number of hydrogen-bond donors (Lipinski definition) is 2. The van der Waals surface area contributed by atoms with Gasteiger partial charge < -0.3 is 11.5 Å². The zero-order valence-electron chi connectivity index (χ0n) is 16.0. The number of rotatable bonds is 3. The third-order valence-electron chi connectivity index (χ3n) is 6.11. The Balaban J connectivity index is 1.63. The quantitative estimate of drug-likeness (QED) is 0.560. The summed E-state index contributed by atoms with van der Waals surface area (Å²) in [6.07, 6.45) is 6.13. The molecule has 6 heteroatoms. The highest BCUT2D eigenvalue weighted by molar-refractivity contribution is 5.83. The Morgan fingerprint density at radius 3 is 2.72 bits per heavy atom. The standard InChI is InChI=1S/C23H22N6/c24-18-8-5-14-12-15(6-7-16(14)18)29-22(17-2-1-11-26-21(17)25)28-20-10-9-19(13-3-4-13)27-23(20)29/h1-2,6-7,9-13,18H,3-5,8,24H2,(H2,25,26). The maximum absolute atomic E-state index is 6.25. The Bertz CT molecular complexity index is 1250. The van der Waals surface area contributed by atoms with Crippen LogP contribution in [0.1, 0.15) is 48.0 Å². The number of fused-ring (bicyclic) bond motifs is 2. The summed E-state index contributed by atoms with van der Waals surface area (Å²) in [5, 5.41) is 0. The molecule has 0 bridgehead atoms. The first kappa shape index (κ1) is 16.7. The number of benzene rings is 1. The van der Waals surface area contributed by atoms with Gasteiger partial charge in [0.1, 0.15) is 11.3 Å². The van der Waals surface area contributed by atoms with Crippen molar-refractivity contribution < 1.29 is 0 Å². The summed E-state index contributed by atoms with van der Waals surface area (Å²) in [6.45, 7) is 0. The van der Waals surface area contributed by atoms with Crippen LogP contribution in [0.5, 0.6) is 0 Å². The number of anilines is 1. The minimum atomic E-state index is 0.131. The first-order valence-corrected chi connectivity index (χ1v) is 10.2. The maximum atomic E-state index is 6.25. The van der Waals surface area contributed by atoms with E-state index in [-0.39, 0.29) is 6.04 Å². The van der Waals surface area contributed by atoms with Gasteiger partial charge in [0, 0.05) is 29.5 Å². The molecule has 4 N–H and O–H groups in total. The number of nitrogen functional groups attached to an aromatic ring is 1. The maximum Gasteiger partial charge on any atom is 0.165 e. The van der Waals surface area contributed by atoms with Gasteiger partial charge in [-0.15, -0.1) is 0 Å². The molecule has 1 fully saturated rings. The van der Waals surface area contributed by atoms with E-state index in [1.54, 1.807) is 6.20 Å². The molecule has 3 heterocycles. The smallest absolute Gasteiger partial charge is 0.165 e. The summed E-state index contributed by atoms with van der Waals surface area (Å²) in [6, 6.07) is 14.7. The molecule has 0 aliphatic heterocycles. The Labute approximate surface area is 168 Å². The fourth-order valence-corrected chi connectivity index (χ4v) is 4.39. The summed E-state index contributed by atoms with van der Waals surface area (Å²) in [4.78, 5) is 14.2. The lowest BCUT2D eigenvalue weighted by Crippen LogP contribution is -2.06. The van der Waals surface area contributed by atoms with E-state index in [4.69, 9.17) is 21.4 Å². The van der Waals surface area contributed by atoms with Crippen molar-refractivity contribution in [1.82, 2.24) is 19.5 Å². The molecular weight excluding hydrogens is 360 g/mol. The predicted octanol–water partition coefficient (Wildman–Crippen LogP) is 3.89. The van der Waals surface area contributed by atoms with E-state index in [9.17, 15) is 0 Å². The predicted molar refractivity (Wildman–Crippen MR) is 114 cm³/mol. The minimum Gasteiger partial charge on any atom is -0.383 e. The van der Waals surface area contributed by atoms with E-state index >= 15 is 0 Å². The highest BCUT2D eigenvalue weighted by Crippen LogP contribution is 2.40. The average molecular weight is 382 g/mol. The van der Waals surface area contributed by atoms with E-state index in [1.807, 2.05) is 12.1 Å². The summed E-state index contributed by atoms with van der Waals surface area (Å²) in [5.74, 6) is 1.82. The first-order chi connectivity index (χ1) is 14.2. The molecule has 6 nitrogen and oxygen atoms in total. The molecule has 1 aromatic carbocycles.